The van der Waals surface area contributed by atoms with Gasteiger partial charge in [-0.3, -0.25) is 0 Å². The minimum Gasteiger partial charge on any atom is -0.425 e. The monoisotopic (exact) mass is 367 g/mol. The van der Waals surface area contributed by atoms with Crippen molar-refractivity contribution in [2.75, 3.05) is 0 Å². The third kappa shape index (κ3) is 4.72. The molecular weight excluding hydrogens is 346 g/mol. The summed E-state index contributed by atoms with van der Waals surface area (Å²) in [6.07, 6.45) is 0. The molecule has 0 saturated heterocycles. The second kappa shape index (κ2) is 9.18. The van der Waals surface area contributed by atoms with Crippen LogP contribution in [0.1, 0.15) is 18.4 Å². The largest absolute Gasteiger partial charge is 0.425 e. The zero-order valence-electron chi connectivity index (χ0n) is 14.5. The second-order valence-corrected chi connectivity index (χ2v) is 6.04. The summed E-state index contributed by atoms with van der Waals surface area (Å²) < 4.78 is 5.35. The van der Waals surface area contributed by atoms with Crippen LogP contribution in [0, 0.1) is 0 Å². The third-order valence-electron chi connectivity index (χ3n) is 4.32. The van der Waals surface area contributed by atoms with Gasteiger partial charge in [-0.05, 0) is 28.8 Å². The Morgan fingerprint density at radius 3 is 1.88 bits per heavy atom. The summed E-state index contributed by atoms with van der Waals surface area (Å²) in [5, 5.41) is 0. The van der Waals surface area contributed by atoms with Gasteiger partial charge in [-0.25, -0.2) is 4.79 Å². The van der Waals surface area contributed by atoms with Crippen molar-refractivity contribution in [2.45, 2.75) is 18.9 Å². The zero-order chi connectivity index (χ0) is 17.6. The number of rotatable bonds is 5. The van der Waals surface area contributed by atoms with E-state index in [1.807, 2.05) is 55.5 Å². The molecular formula is C22H22ClNO2. The minimum atomic E-state index is -0.720. The average Bonchev–Trinajstić information content (AvgIpc) is 2.68. The molecule has 2 atom stereocenters. The molecule has 0 aromatic heterocycles. The molecule has 0 saturated carbocycles. The van der Waals surface area contributed by atoms with E-state index in [0.29, 0.717) is 5.75 Å². The molecule has 0 spiro atoms. The first kappa shape index (κ1) is 19.7. The molecule has 0 radical (unpaired) electrons. The zero-order valence-corrected chi connectivity index (χ0v) is 15.4. The maximum atomic E-state index is 12.3. The van der Waals surface area contributed by atoms with E-state index in [2.05, 4.69) is 24.3 Å². The SMILES string of the molecule is CC(c1ccc(-c2ccccc2)cc1)C(N)C(=O)Oc1ccccc1.Cl. The quantitative estimate of drug-likeness (QED) is 0.520. The number of hydrogen-bond donors (Lipinski definition) is 1. The van der Waals surface area contributed by atoms with Crippen molar-refractivity contribution in [3.63, 3.8) is 0 Å². The number of esters is 1. The first-order chi connectivity index (χ1) is 12.1. The highest BCUT2D eigenvalue weighted by molar-refractivity contribution is 5.85. The summed E-state index contributed by atoms with van der Waals surface area (Å²) in [5.41, 5.74) is 9.42. The molecule has 134 valence electrons. The highest BCUT2D eigenvalue weighted by Crippen LogP contribution is 2.24. The Kier molecular flexibility index (Phi) is 6.96. The van der Waals surface area contributed by atoms with E-state index < -0.39 is 12.0 Å². The van der Waals surface area contributed by atoms with E-state index in [0.717, 1.165) is 16.7 Å². The predicted molar refractivity (Wildman–Crippen MR) is 108 cm³/mol. The van der Waals surface area contributed by atoms with Crippen molar-refractivity contribution in [3.8, 4) is 16.9 Å². The summed E-state index contributed by atoms with van der Waals surface area (Å²) in [6, 6.07) is 26.6. The molecule has 3 aromatic rings. The molecule has 0 bridgehead atoms. The molecule has 3 rings (SSSR count). The van der Waals surface area contributed by atoms with E-state index in [4.69, 9.17) is 10.5 Å². The van der Waals surface area contributed by atoms with Crippen molar-refractivity contribution >= 4 is 18.4 Å². The summed E-state index contributed by atoms with van der Waals surface area (Å²) in [6.45, 7) is 1.94. The van der Waals surface area contributed by atoms with Crippen LogP contribution in [0.4, 0.5) is 0 Å². The van der Waals surface area contributed by atoms with Crippen LogP contribution in [0.5, 0.6) is 5.75 Å². The van der Waals surface area contributed by atoms with Crippen LogP contribution < -0.4 is 10.5 Å². The maximum absolute atomic E-state index is 12.3. The fraction of sp³-hybridized carbons (Fsp3) is 0.136. The number of carbonyl (C=O) groups excluding carboxylic acids is 1. The Bertz CT molecular complexity index is 820. The molecule has 0 aliphatic heterocycles. The van der Waals surface area contributed by atoms with Gasteiger partial charge in [-0.1, -0.05) is 79.7 Å². The van der Waals surface area contributed by atoms with Crippen molar-refractivity contribution in [1.29, 1.82) is 0 Å². The topological polar surface area (TPSA) is 52.3 Å². The minimum absolute atomic E-state index is 0. The summed E-state index contributed by atoms with van der Waals surface area (Å²) in [4.78, 5) is 12.3. The lowest BCUT2D eigenvalue weighted by Crippen LogP contribution is -2.38. The molecule has 0 aliphatic rings. The Hall–Kier alpha value is -2.62. The van der Waals surface area contributed by atoms with Crippen molar-refractivity contribution < 1.29 is 9.53 Å². The van der Waals surface area contributed by atoms with E-state index in [1.54, 1.807) is 12.1 Å². The lowest BCUT2D eigenvalue weighted by Gasteiger charge is -2.19. The van der Waals surface area contributed by atoms with E-state index in [9.17, 15) is 4.79 Å². The Morgan fingerprint density at radius 1 is 0.808 bits per heavy atom. The molecule has 2 N–H and O–H groups in total. The lowest BCUT2D eigenvalue weighted by atomic mass is 9.92. The van der Waals surface area contributed by atoms with Gasteiger partial charge in [0.15, 0.2) is 0 Å². The van der Waals surface area contributed by atoms with Gasteiger partial charge < -0.3 is 10.5 Å². The Morgan fingerprint density at radius 2 is 1.31 bits per heavy atom. The highest BCUT2D eigenvalue weighted by Gasteiger charge is 2.24. The smallest absolute Gasteiger partial charge is 0.328 e. The molecule has 3 nitrogen and oxygen atoms in total. The van der Waals surface area contributed by atoms with Gasteiger partial charge >= 0.3 is 5.97 Å². The van der Waals surface area contributed by atoms with Crippen LogP contribution in [0.2, 0.25) is 0 Å². The molecule has 3 aromatic carbocycles. The molecule has 0 aliphatic carbocycles. The van der Waals surface area contributed by atoms with Gasteiger partial charge in [0.05, 0.1) is 0 Å². The molecule has 4 heteroatoms. The van der Waals surface area contributed by atoms with Crippen LogP contribution in [-0.4, -0.2) is 12.0 Å². The highest BCUT2D eigenvalue weighted by atomic mass is 35.5. The maximum Gasteiger partial charge on any atom is 0.328 e. The van der Waals surface area contributed by atoms with Gasteiger partial charge in [-0.15, -0.1) is 12.4 Å². The van der Waals surface area contributed by atoms with Crippen LogP contribution >= 0.6 is 12.4 Å². The van der Waals surface area contributed by atoms with Crippen LogP contribution in [0.15, 0.2) is 84.9 Å². The summed E-state index contributed by atoms with van der Waals surface area (Å²) >= 11 is 0. The van der Waals surface area contributed by atoms with Gasteiger partial charge in [0.2, 0.25) is 0 Å². The lowest BCUT2D eigenvalue weighted by molar-refractivity contribution is -0.136. The van der Waals surface area contributed by atoms with Crippen LogP contribution in [-0.2, 0) is 4.79 Å². The standard InChI is InChI=1S/C22H21NO2.ClH/c1-16(21(23)22(24)25-20-10-6-3-7-11-20)17-12-14-19(15-13-17)18-8-4-2-5-9-18;/h2-16,21H,23H2,1H3;1H. The van der Waals surface area contributed by atoms with Crippen molar-refractivity contribution in [2.24, 2.45) is 5.73 Å². The second-order valence-electron chi connectivity index (χ2n) is 6.04. The fourth-order valence-corrected chi connectivity index (χ4v) is 2.69. The number of hydrogen-bond acceptors (Lipinski definition) is 3. The number of carbonyl (C=O) groups is 1. The number of ether oxygens (including phenoxy) is 1. The van der Waals surface area contributed by atoms with E-state index in [1.165, 1.54) is 0 Å². The Balaban J connectivity index is 0.00000243. The first-order valence-electron chi connectivity index (χ1n) is 8.33. The van der Waals surface area contributed by atoms with Gasteiger partial charge in [0.1, 0.15) is 11.8 Å². The Labute approximate surface area is 160 Å². The average molecular weight is 368 g/mol. The van der Waals surface area contributed by atoms with Gasteiger partial charge in [0, 0.05) is 5.92 Å². The molecule has 0 fully saturated rings. The summed E-state index contributed by atoms with van der Waals surface area (Å²) in [5.74, 6) is -0.0542. The number of nitrogens with two attached hydrogens (primary N) is 1. The number of halogens is 1. The number of para-hydroxylation sites is 1. The van der Waals surface area contributed by atoms with Gasteiger partial charge in [0.25, 0.3) is 0 Å². The third-order valence-corrected chi connectivity index (χ3v) is 4.32. The van der Waals surface area contributed by atoms with E-state index >= 15 is 0 Å². The van der Waals surface area contributed by atoms with E-state index in [-0.39, 0.29) is 18.3 Å². The predicted octanol–water partition coefficient (Wildman–Crippen LogP) is 4.81. The molecule has 2 unspecified atom stereocenters. The summed E-state index contributed by atoms with van der Waals surface area (Å²) in [7, 11) is 0. The number of benzene rings is 3. The molecule has 0 heterocycles. The fourth-order valence-electron chi connectivity index (χ4n) is 2.69. The van der Waals surface area contributed by atoms with Crippen LogP contribution in [0.3, 0.4) is 0 Å². The normalized spacial score (nSPS) is 12.5. The van der Waals surface area contributed by atoms with Crippen LogP contribution in [0.25, 0.3) is 11.1 Å². The van der Waals surface area contributed by atoms with Crippen molar-refractivity contribution in [1.82, 2.24) is 0 Å². The van der Waals surface area contributed by atoms with Crippen molar-refractivity contribution in [3.05, 3.63) is 90.5 Å². The van der Waals surface area contributed by atoms with Gasteiger partial charge in [-0.2, -0.15) is 0 Å². The molecule has 26 heavy (non-hydrogen) atoms. The first-order valence-corrected chi connectivity index (χ1v) is 8.33. The molecule has 0 amide bonds.